The van der Waals surface area contributed by atoms with Gasteiger partial charge in [-0.25, -0.2) is 0 Å². The molecule has 0 amide bonds. The topological polar surface area (TPSA) is 0 Å². The third-order valence-electron chi connectivity index (χ3n) is 38.1. The minimum Gasteiger partial charge on any atom is -0.101 e. The highest BCUT2D eigenvalue weighted by molar-refractivity contribution is 5.37. The van der Waals surface area contributed by atoms with Gasteiger partial charge in [0.15, 0.2) is 0 Å². The predicted molar refractivity (Wildman–Crippen MR) is 572 cm³/mol. The van der Waals surface area contributed by atoms with Crippen molar-refractivity contribution in [2.24, 2.45) is 130 Å². The Bertz CT molecular complexity index is 2890. The van der Waals surface area contributed by atoms with Crippen LogP contribution in [0.1, 0.15) is 597 Å². The van der Waals surface area contributed by atoms with Crippen molar-refractivity contribution < 1.29 is 17.1 Å². The zero-order valence-electron chi connectivity index (χ0n) is 85.1. The average molecular weight is 1720 g/mol. The van der Waals surface area contributed by atoms with E-state index in [1.54, 1.807) is 191 Å². The average Bonchev–Trinajstić information content (AvgIpc) is 0.817. The van der Waals surface area contributed by atoms with Crippen LogP contribution in [0.2, 0.25) is 0 Å². The second kappa shape index (κ2) is 62.4. The van der Waals surface area contributed by atoms with E-state index in [-0.39, 0.29) is 17.1 Å². The number of benzene rings is 2. The molecule has 0 aliphatic heterocycles. The molecule has 12 fully saturated rings. The lowest BCUT2D eigenvalue weighted by molar-refractivity contribution is 0.140. The van der Waals surface area contributed by atoms with Gasteiger partial charge in [-0.1, -0.05) is 401 Å². The molecular weight excluding hydrogens is 1480 g/mol. The SMILES string of the molecule is CC#Cc1ccc(C2CCC(C3CCC(CCC)CC3)CC2)cc1.CCCC1CCC(C2CCC(CC)CC2)CC1.CCCCC1CCC(C2CCC(CCC)CC2)CC1.CCCCCC1CCC(C2CCC(CC)CC2)CC1.CCCCCC1CCC(C2CCC(CCC)CC2)CC1.CCCc1ccc(C2CCC(C3CCC(CCC)CC3)CC2)cc1.[HH].[HH].[HH].[HH].[HH].[HH].[HH].[HH].[HH].[HH].[HH].[HH]. The zero-order valence-corrected chi connectivity index (χ0v) is 85.1. The van der Waals surface area contributed by atoms with Gasteiger partial charge in [0.1, 0.15) is 0 Å². The molecule has 0 unspecified atom stereocenters. The summed E-state index contributed by atoms with van der Waals surface area (Å²) in [4.78, 5) is 0. The monoisotopic (exact) mass is 1720 g/mol. The van der Waals surface area contributed by atoms with Crippen LogP contribution in [0.5, 0.6) is 0 Å². The molecular formula is C123H238. The Morgan fingerprint density at radius 1 is 0.203 bits per heavy atom. The summed E-state index contributed by atoms with van der Waals surface area (Å²) in [5.74, 6) is 31.6. The molecule has 12 saturated carbocycles. The van der Waals surface area contributed by atoms with E-state index in [0.717, 1.165) is 148 Å². The Balaban J connectivity index is -0.000000752. The normalized spacial score (nSPS) is 34.3. The van der Waals surface area contributed by atoms with Crippen LogP contribution in [-0.4, -0.2) is 0 Å². The highest BCUT2D eigenvalue weighted by Gasteiger charge is 2.38. The molecule has 0 atom stereocenters. The van der Waals surface area contributed by atoms with E-state index in [4.69, 9.17) is 0 Å². The summed E-state index contributed by atoms with van der Waals surface area (Å²) in [6, 6.07) is 18.6. The van der Waals surface area contributed by atoms with Gasteiger partial charge in [-0.15, -0.1) is 5.92 Å². The van der Waals surface area contributed by atoms with Gasteiger partial charge >= 0.3 is 0 Å². The summed E-state index contributed by atoms with van der Waals surface area (Å²) in [6.45, 7) is 27.7. The fourth-order valence-corrected chi connectivity index (χ4v) is 29.7. The number of hydrogen-bond donors (Lipinski definition) is 0. The summed E-state index contributed by atoms with van der Waals surface area (Å²) in [5, 5.41) is 0. The first-order valence-electron chi connectivity index (χ1n) is 58.0. The van der Waals surface area contributed by atoms with Crippen LogP contribution in [0.4, 0.5) is 0 Å². The molecule has 0 radical (unpaired) electrons. The molecule has 2 aromatic carbocycles. The minimum absolute atomic E-state index is 0. The molecule has 2 aromatic rings. The van der Waals surface area contributed by atoms with Crippen molar-refractivity contribution >= 4 is 0 Å². The Hall–Kier alpha value is -2.00. The molecule has 0 nitrogen and oxygen atoms in total. The summed E-state index contributed by atoms with van der Waals surface area (Å²) in [6.07, 6.45) is 109. The van der Waals surface area contributed by atoms with E-state index in [1.165, 1.54) is 295 Å². The lowest BCUT2D eigenvalue weighted by Crippen LogP contribution is -2.25. The molecule has 0 heteroatoms. The van der Waals surface area contributed by atoms with Crippen LogP contribution >= 0.6 is 0 Å². The maximum atomic E-state index is 3.15. The molecule has 14 rings (SSSR count). The van der Waals surface area contributed by atoms with E-state index >= 15 is 0 Å². The van der Waals surface area contributed by atoms with Crippen LogP contribution in [0.25, 0.3) is 0 Å². The summed E-state index contributed by atoms with van der Waals surface area (Å²) in [5.41, 5.74) is 5.82. The van der Waals surface area contributed by atoms with Crippen molar-refractivity contribution in [3.8, 4) is 11.8 Å². The fraction of sp³-hybridized carbons (Fsp3) is 0.886. The van der Waals surface area contributed by atoms with E-state index in [2.05, 4.69) is 137 Å². The van der Waals surface area contributed by atoms with Gasteiger partial charge in [-0.2, -0.15) is 0 Å². The summed E-state index contributed by atoms with van der Waals surface area (Å²) >= 11 is 0. The number of rotatable bonds is 33. The van der Waals surface area contributed by atoms with Gasteiger partial charge in [0, 0.05) is 22.7 Å². The Labute approximate surface area is 789 Å². The first-order chi connectivity index (χ1) is 60.4. The number of aryl methyl sites for hydroxylation is 1. The highest BCUT2D eigenvalue weighted by Crippen LogP contribution is 2.51. The van der Waals surface area contributed by atoms with Crippen molar-refractivity contribution in [1.82, 2.24) is 0 Å². The van der Waals surface area contributed by atoms with Crippen LogP contribution in [-0.2, 0) is 6.42 Å². The second-order valence-electron chi connectivity index (χ2n) is 46.4. The second-order valence-corrected chi connectivity index (χ2v) is 46.4. The van der Waals surface area contributed by atoms with Crippen LogP contribution in [0.15, 0.2) is 48.5 Å². The van der Waals surface area contributed by atoms with Gasteiger partial charge in [-0.3, -0.25) is 0 Å². The molecule has 12 aliphatic rings. The maximum Gasteiger partial charge on any atom is 0.0245 e. The summed E-state index contributed by atoms with van der Waals surface area (Å²) < 4.78 is 0. The lowest BCUT2D eigenvalue weighted by Gasteiger charge is -2.38. The van der Waals surface area contributed by atoms with Crippen molar-refractivity contribution in [2.45, 2.75) is 564 Å². The van der Waals surface area contributed by atoms with Crippen molar-refractivity contribution in [3.63, 3.8) is 0 Å². The Kier molecular flexibility index (Phi) is 53.1. The molecule has 0 heterocycles. The molecule has 0 saturated heterocycles. The van der Waals surface area contributed by atoms with E-state index in [0.29, 0.717) is 0 Å². The molecule has 123 heavy (non-hydrogen) atoms. The van der Waals surface area contributed by atoms with Gasteiger partial charge in [0.05, 0.1) is 0 Å². The van der Waals surface area contributed by atoms with Gasteiger partial charge in [0.25, 0.3) is 0 Å². The van der Waals surface area contributed by atoms with Crippen molar-refractivity contribution in [2.75, 3.05) is 0 Å². The standard InChI is InChI=1S/C24H38.C24H34.C20H38.2C19H36.C17H32.12H2/c2*1-3-5-19-7-11-21(12-8-19)23-15-17-24(18-16-23)22-13-9-20(6-4-2)10-14-22;1-3-5-6-8-18-11-15-20(16-12-18)19-13-9-17(7-4-2)10-14-19;1-3-5-6-7-17-10-14-19(15-11-17)18-12-8-16(4-2)9-13-18;1-3-5-7-17-10-14-19(15-11-17)18-12-8-16(6-4-2)9-13-18;1-3-5-15-8-12-17(13-9-15)16-10-6-14(4-2)7-11-16;;;;;;;;;;;;/h7-8,11-12,20,22-24H,3-6,9-10,13-18H2,1-2H3;9-10,13-14,19,21,23-24H,3,5,7-8,11-12,15-18H2,1-2H3;17-20H,3-16H2,1-2H3;2*16-19H,3-15H2,1-2H3;14-17H,3-13H2,1-2H3;12*1H. The fourth-order valence-electron chi connectivity index (χ4n) is 29.7. The first-order valence-corrected chi connectivity index (χ1v) is 58.0. The quantitative estimate of drug-likeness (QED) is 0.0494. The highest BCUT2D eigenvalue weighted by atomic mass is 14.4. The van der Waals surface area contributed by atoms with Gasteiger partial charge in [-0.05, 0) is 364 Å². The predicted octanol–water partition coefficient (Wildman–Crippen LogP) is 43.4. The third kappa shape index (κ3) is 38.3. The van der Waals surface area contributed by atoms with Crippen LogP contribution < -0.4 is 0 Å². The van der Waals surface area contributed by atoms with Gasteiger partial charge < -0.3 is 0 Å². The third-order valence-corrected chi connectivity index (χ3v) is 38.1. The van der Waals surface area contributed by atoms with Gasteiger partial charge in [0.2, 0.25) is 0 Å². The van der Waals surface area contributed by atoms with Crippen LogP contribution in [0, 0.1) is 142 Å². The summed E-state index contributed by atoms with van der Waals surface area (Å²) in [7, 11) is 0. The largest absolute Gasteiger partial charge is 0.101 e. The Morgan fingerprint density at radius 2 is 0.407 bits per heavy atom. The minimum atomic E-state index is 0. The molecule has 0 N–H and O–H groups in total. The molecule has 730 valence electrons. The number of hydrogen-bond acceptors (Lipinski definition) is 0. The van der Waals surface area contributed by atoms with E-state index in [1.807, 2.05) is 6.92 Å². The Morgan fingerprint density at radius 3 is 0.610 bits per heavy atom. The maximum absolute atomic E-state index is 3.15. The molecule has 12 aliphatic carbocycles. The lowest BCUT2D eigenvalue weighted by atomic mass is 9.68. The zero-order chi connectivity index (χ0) is 86.9. The van der Waals surface area contributed by atoms with Crippen LogP contribution in [0.3, 0.4) is 0 Å². The van der Waals surface area contributed by atoms with E-state index < -0.39 is 0 Å². The van der Waals surface area contributed by atoms with Crippen molar-refractivity contribution in [3.05, 3.63) is 70.8 Å². The first kappa shape index (κ1) is 105. The molecule has 0 spiro atoms. The van der Waals surface area contributed by atoms with E-state index in [9.17, 15) is 0 Å². The smallest absolute Gasteiger partial charge is 0.0245 e. The molecule has 0 aromatic heterocycles. The number of unbranched alkanes of at least 4 members (excludes halogenated alkanes) is 5. The molecule has 0 bridgehead atoms. The van der Waals surface area contributed by atoms with Crippen molar-refractivity contribution in [1.29, 1.82) is 0 Å².